The molecule has 0 fully saturated rings. The predicted octanol–water partition coefficient (Wildman–Crippen LogP) is 3.70. The molecule has 0 unspecified atom stereocenters. The Morgan fingerprint density at radius 1 is 1.07 bits per heavy atom. The number of aryl methyl sites for hydroxylation is 1. The van der Waals surface area contributed by atoms with Crippen molar-refractivity contribution in [2.24, 2.45) is 0 Å². The molecule has 0 saturated carbocycles. The zero-order chi connectivity index (χ0) is 10.1. The van der Waals surface area contributed by atoms with Crippen LogP contribution in [0.15, 0.2) is 12.3 Å². The van der Waals surface area contributed by atoms with Gasteiger partial charge >= 0.3 is 0 Å². The monoisotopic (exact) mass is 194 g/mol. The molecule has 0 saturated heterocycles. The van der Waals surface area contributed by atoms with Crippen molar-refractivity contribution in [2.45, 2.75) is 58.3 Å². The summed E-state index contributed by atoms with van der Waals surface area (Å²) in [6.07, 6.45) is 12.6. The van der Waals surface area contributed by atoms with E-state index in [2.05, 4.69) is 23.2 Å². The molecule has 0 aliphatic carbocycles. The zero-order valence-corrected chi connectivity index (χ0v) is 9.26. The van der Waals surface area contributed by atoms with E-state index in [9.17, 15) is 0 Å². The molecular formula is C12H22N2. The van der Waals surface area contributed by atoms with Crippen LogP contribution in [0, 0.1) is 0 Å². The maximum Gasteiger partial charge on any atom is 0.0490 e. The smallest absolute Gasteiger partial charge is 0.0490 e. The van der Waals surface area contributed by atoms with Crippen molar-refractivity contribution in [1.82, 2.24) is 10.2 Å². The Bertz CT molecular complexity index is 204. The van der Waals surface area contributed by atoms with Crippen LogP contribution in [0.5, 0.6) is 0 Å². The van der Waals surface area contributed by atoms with Crippen molar-refractivity contribution in [3.63, 3.8) is 0 Å². The average molecular weight is 194 g/mol. The third-order valence-corrected chi connectivity index (χ3v) is 2.61. The molecule has 0 atom stereocenters. The van der Waals surface area contributed by atoms with Gasteiger partial charge in [0, 0.05) is 11.9 Å². The lowest BCUT2D eigenvalue weighted by Gasteiger charge is -1.99. The average Bonchev–Trinajstić information content (AvgIpc) is 2.69. The Kier molecular flexibility index (Phi) is 6.13. The minimum Gasteiger partial charge on any atom is -0.283 e. The van der Waals surface area contributed by atoms with Gasteiger partial charge < -0.3 is 0 Å². The van der Waals surface area contributed by atoms with Crippen LogP contribution < -0.4 is 0 Å². The Hall–Kier alpha value is -0.790. The summed E-state index contributed by atoms with van der Waals surface area (Å²) in [4.78, 5) is 0. The first-order chi connectivity index (χ1) is 6.93. The largest absolute Gasteiger partial charge is 0.283 e. The first-order valence-corrected chi connectivity index (χ1v) is 5.91. The van der Waals surface area contributed by atoms with E-state index in [0.717, 1.165) is 6.42 Å². The normalized spacial score (nSPS) is 10.6. The fourth-order valence-corrected chi connectivity index (χ4v) is 1.70. The maximum absolute atomic E-state index is 3.94. The summed E-state index contributed by atoms with van der Waals surface area (Å²) in [7, 11) is 0. The summed E-state index contributed by atoms with van der Waals surface area (Å²) in [5.74, 6) is 0. The summed E-state index contributed by atoms with van der Waals surface area (Å²) in [5, 5.41) is 6.93. The van der Waals surface area contributed by atoms with Gasteiger partial charge in [0.1, 0.15) is 0 Å². The third-order valence-electron chi connectivity index (χ3n) is 2.61. The number of aromatic amines is 1. The maximum atomic E-state index is 3.94. The molecule has 2 heteroatoms. The Balaban J connectivity index is 1.85. The number of hydrogen-bond acceptors (Lipinski definition) is 1. The molecule has 1 heterocycles. The van der Waals surface area contributed by atoms with E-state index < -0.39 is 0 Å². The number of nitrogens with zero attached hydrogens (tertiary/aromatic N) is 1. The highest BCUT2D eigenvalue weighted by Crippen LogP contribution is 2.08. The molecule has 1 aromatic rings. The van der Waals surface area contributed by atoms with E-state index in [4.69, 9.17) is 0 Å². The predicted molar refractivity (Wildman–Crippen MR) is 60.3 cm³/mol. The van der Waals surface area contributed by atoms with Crippen LogP contribution in [-0.4, -0.2) is 10.2 Å². The molecule has 0 aliphatic heterocycles. The highest BCUT2D eigenvalue weighted by molar-refractivity contribution is 4.96. The number of nitrogens with one attached hydrogen (secondary N) is 1. The number of H-pyrrole nitrogens is 1. The molecule has 2 nitrogen and oxygen atoms in total. The second kappa shape index (κ2) is 7.60. The minimum atomic E-state index is 1.16. The van der Waals surface area contributed by atoms with Crippen molar-refractivity contribution in [1.29, 1.82) is 0 Å². The number of rotatable bonds is 8. The summed E-state index contributed by atoms with van der Waals surface area (Å²) in [6.45, 7) is 2.26. The van der Waals surface area contributed by atoms with E-state index in [1.807, 2.05) is 6.20 Å². The minimum absolute atomic E-state index is 1.16. The Morgan fingerprint density at radius 2 is 1.79 bits per heavy atom. The lowest BCUT2D eigenvalue weighted by atomic mass is 10.1. The highest BCUT2D eigenvalue weighted by atomic mass is 15.1. The van der Waals surface area contributed by atoms with Crippen molar-refractivity contribution >= 4 is 0 Å². The lowest BCUT2D eigenvalue weighted by Crippen LogP contribution is -1.86. The Morgan fingerprint density at radius 3 is 2.43 bits per heavy atom. The van der Waals surface area contributed by atoms with Crippen LogP contribution in [0.25, 0.3) is 0 Å². The zero-order valence-electron chi connectivity index (χ0n) is 9.26. The van der Waals surface area contributed by atoms with Gasteiger partial charge in [-0.15, -0.1) is 0 Å². The van der Waals surface area contributed by atoms with Crippen LogP contribution in [0.3, 0.4) is 0 Å². The molecule has 0 radical (unpaired) electrons. The van der Waals surface area contributed by atoms with Crippen LogP contribution in [-0.2, 0) is 6.42 Å². The number of aromatic nitrogens is 2. The first kappa shape index (κ1) is 11.3. The van der Waals surface area contributed by atoms with Gasteiger partial charge in [0.25, 0.3) is 0 Å². The summed E-state index contributed by atoms with van der Waals surface area (Å²) in [5.41, 5.74) is 1.28. The summed E-state index contributed by atoms with van der Waals surface area (Å²) >= 11 is 0. The number of unbranched alkanes of at least 4 members (excludes halogenated alkanes) is 6. The van der Waals surface area contributed by atoms with Gasteiger partial charge in [-0.2, -0.15) is 5.10 Å². The van der Waals surface area contributed by atoms with Gasteiger partial charge in [-0.25, -0.2) is 0 Å². The fraction of sp³-hybridized carbons (Fsp3) is 0.750. The molecular weight excluding hydrogens is 172 g/mol. The lowest BCUT2D eigenvalue weighted by molar-refractivity contribution is 0.587. The van der Waals surface area contributed by atoms with E-state index in [1.54, 1.807) is 0 Å². The van der Waals surface area contributed by atoms with Gasteiger partial charge in [-0.1, -0.05) is 45.4 Å². The fourth-order valence-electron chi connectivity index (χ4n) is 1.70. The van der Waals surface area contributed by atoms with E-state index in [0.29, 0.717) is 0 Å². The van der Waals surface area contributed by atoms with Crippen molar-refractivity contribution < 1.29 is 0 Å². The topological polar surface area (TPSA) is 28.7 Å². The molecule has 0 amide bonds. The quantitative estimate of drug-likeness (QED) is 0.628. The van der Waals surface area contributed by atoms with Gasteiger partial charge in [-0.3, -0.25) is 5.10 Å². The molecule has 1 rings (SSSR count). The van der Waals surface area contributed by atoms with Gasteiger partial charge in [0.2, 0.25) is 0 Å². The Labute approximate surface area is 87.1 Å². The van der Waals surface area contributed by atoms with Gasteiger partial charge in [0.05, 0.1) is 0 Å². The van der Waals surface area contributed by atoms with Crippen LogP contribution in [0.1, 0.15) is 57.6 Å². The summed E-state index contributed by atoms with van der Waals surface area (Å²) in [6, 6.07) is 2.07. The van der Waals surface area contributed by atoms with E-state index in [-0.39, 0.29) is 0 Å². The number of hydrogen-bond donors (Lipinski definition) is 1. The molecule has 14 heavy (non-hydrogen) atoms. The third kappa shape index (κ3) is 5.05. The molecule has 1 N–H and O–H groups in total. The SMILES string of the molecule is CCCCCCCCCc1ccn[nH]1. The second-order valence-corrected chi connectivity index (χ2v) is 3.95. The summed E-state index contributed by atoms with van der Waals surface area (Å²) < 4.78 is 0. The highest BCUT2D eigenvalue weighted by Gasteiger charge is 1.94. The van der Waals surface area contributed by atoms with Crippen LogP contribution in [0.2, 0.25) is 0 Å². The molecule has 0 bridgehead atoms. The van der Waals surface area contributed by atoms with Crippen LogP contribution >= 0.6 is 0 Å². The molecule has 0 aromatic carbocycles. The van der Waals surface area contributed by atoms with E-state index in [1.165, 1.54) is 50.6 Å². The van der Waals surface area contributed by atoms with Gasteiger partial charge in [0.15, 0.2) is 0 Å². The molecule has 80 valence electrons. The van der Waals surface area contributed by atoms with Crippen molar-refractivity contribution in [3.8, 4) is 0 Å². The van der Waals surface area contributed by atoms with Crippen molar-refractivity contribution in [2.75, 3.05) is 0 Å². The first-order valence-electron chi connectivity index (χ1n) is 5.91. The molecule has 0 spiro atoms. The molecule has 1 aromatic heterocycles. The standard InChI is InChI=1S/C12H22N2/c1-2-3-4-5-6-7-8-9-12-10-11-13-14-12/h10-11H,2-9H2,1H3,(H,13,14). The second-order valence-electron chi connectivity index (χ2n) is 3.95. The van der Waals surface area contributed by atoms with Crippen molar-refractivity contribution in [3.05, 3.63) is 18.0 Å². The van der Waals surface area contributed by atoms with Crippen LogP contribution in [0.4, 0.5) is 0 Å². The molecule has 0 aliphatic rings. The van der Waals surface area contributed by atoms with Gasteiger partial charge in [-0.05, 0) is 18.9 Å². The van der Waals surface area contributed by atoms with E-state index >= 15 is 0 Å².